The number of hydrogen-bond donors (Lipinski definition) is 1. The van der Waals surface area contributed by atoms with Crippen LogP contribution in [0.1, 0.15) is 39.5 Å². The molecule has 1 rings (SSSR count). The minimum atomic E-state index is 0.848. The Balaban J connectivity index is 2.06. The summed E-state index contributed by atoms with van der Waals surface area (Å²) in [7, 11) is 0. The van der Waals surface area contributed by atoms with Crippen LogP contribution in [0.5, 0.6) is 0 Å². The Morgan fingerprint density at radius 1 is 1.36 bits per heavy atom. The van der Waals surface area contributed by atoms with E-state index in [2.05, 4.69) is 31.4 Å². The van der Waals surface area contributed by atoms with E-state index < -0.39 is 0 Å². The van der Waals surface area contributed by atoms with E-state index in [0.29, 0.717) is 0 Å². The van der Waals surface area contributed by atoms with Crippen LogP contribution in [0.4, 0.5) is 0 Å². The summed E-state index contributed by atoms with van der Waals surface area (Å²) < 4.78 is 0. The highest BCUT2D eigenvalue weighted by molar-refractivity contribution is 7.80. The molecule has 1 nitrogen and oxygen atoms in total. The maximum absolute atomic E-state index is 4.28. The zero-order valence-corrected chi connectivity index (χ0v) is 10.6. The normalized spacial score (nSPS) is 18.9. The molecule has 84 valence electrons. The molecule has 0 amide bonds. The molecule has 1 saturated carbocycles. The monoisotopic (exact) mass is 215 g/mol. The number of nitrogens with zero attached hydrogens (tertiary/aromatic N) is 1. The van der Waals surface area contributed by atoms with Gasteiger partial charge in [-0.15, -0.1) is 0 Å². The van der Waals surface area contributed by atoms with Gasteiger partial charge >= 0.3 is 0 Å². The molecule has 0 bridgehead atoms. The van der Waals surface area contributed by atoms with Gasteiger partial charge in [0.05, 0.1) is 0 Å². The van der Waals surface area contributed by atoms with Crippen molar-refractivity contribution < 1.29 is 0 Å². The van der Waals surface area contributed by atoms with Crippen molar-refractivity contribution in [2.75, 3.05) is 25.4 Å². The van der Waals surface area contributed by atoms with Crippen LogP contribution in [0.2, 0.25) is 0 Å². The summed E-state index contributed by atoms with van der Waals surface area (Å²) in [6, 6.07) is 0. The number of rotatable bonds is 8. The lowest BCUT2D eigenvalue weighted by atomic mass is 10.0. The first-order chi connectivity index (χ1) is 6.76. The molecule has 0 heterocycles. The zero-order chi connectivity index (χ0) is 10.4. The fourth-order valence-corrected chi connectivity index (χ4v) is 2.25. The van der Waals surface area contributed by atoms with E-state index in [0.717, 1.165) is 17.6 Å². The van der Waals surface area contributed by atoms with Crippen molar-refractivity contribution in [2.45, 2.75) is 39.5 Å². The summed E-state index contributed by atoms with van der Waals surface area (Å²) in [4.78, 5) is 2.62. The van der Waals surface area contributed by atoms with E-state index in [-0.39, 0.29) is 0 Å². The van der Waals surface area contributed by atoms with Gasteiger partial charge in [-0.3, -0.25) is 0 Å². The first kappa shape index (κ1) is 12.4. The third-order valence-electron chi connectivity index (χ3n) is 3.22. The van der Waals surface area contributed by atoms with Crippen molar-refractivity contribution in [1.82, 2.24) is 4.90 Å². The second kappa shape index (κ2) is 6.73. The van der Waals surface area contributed by atoms with Gasteiger partial charge in [0.15, 0.2) is 0 Å². The Morgan fingerprint density at radius 2 is 2.07 bits per heavy atom. The van der Waals surface area contributed by atoms with Crippen LogP contribution >= 0.6 is 12.6 Å². The summed E-state index contributed by atoms with van der Waals surface area (Å²) in [6.45, 7) is 8.50. The van der Waals surface area contributed by atoms with E-state index in [1.807, 2.05) is 0 Å². The van der Waals surface area contributed by atoms with Gasteiger partial charge in [0.1, 0.15) is 0 Å². The first-order valence-corrected chi connectivity index (χ1v) is 6.72. The summed E-state index contributed by atoms with van der Waals surface area (Å²) in [5.74, 6) is 2.92. The molecule has 0 spiro atoms. The van der Waals surface area contributed by atoms with Crippen molar-refractivity contribution in [3.63, 3.8) is 0 Å². The van der Waals surface area contributed by atoms with Gasteiger partial charge in [-0.05, 0) is 56.4 Å². The number of thiol groups is 1. The van der Waals surface area contributed by atoms with Crippen LogP contribution in [0, 0.1) is 11.8 Å². The van der Waals surface area contributed by atoms with Crippen LogP contribution in [0.25, 0.3) is 0 Å². The van der Waals surface area contributed by atoms with Gasteiger partial charge in [-0.2, -0.15) is 12.6 Å². The minimum absolute atomic E-state index is 0.848. The van der Waals surface area contributed by atoms with Crippen molar-refractivity contribution in [3.8, 4) is 0 Å². The van der Waals surface area contributed by atoms with Gasteiger partial charge in [0.2, 0.25) is 0 Å². The Hall–Kier alpha value is 0.310. The minimum Gasteiger partial charge on any atom is -0.303 e. The molecule has 0 aliphatic heterocycles. The van der Waals surface area contributed by atoms with Gasteiger partial charge < -0.3 is 4.90 Å². The standard InChI is InChI=1S/C12H25NS/c1-3-13(10-12-4-5-12)8-6-11(2)7-9-14/h11-12,14H,3-10H2,1-2H3. The van der Waals surface area contributed by atoms with E-state index in [4.69, 9.17) is 0 Å². The molecule has 0 N–H and O–H groups in total. The molecular weight excluding hydrogens is 190 g/mol. The van der Waals surface area contributed by atoms with Crippen LogP contribution < -0.4 is 0 Å². The van der Waals surface area contributed by atoms with Crippen LogP contribution in [-0.2, 0) is 0 Å². The molecule has 2 heteroatoms. The predicted octanol–water partition coefficient (Wildman–Crippen LogP) is 3.06. The second-order valence-electron chi connectivity index (χ2n) is 4.74. The molecule has 0 radical (unpaired) electrons. The fraction of sp³-hybridized carbons (Fsp3) is 1.00. The average molecular weight is 215 g/mol. The molecule has 0 aromatic rings. The topological polar surface area (TPSA) is 3.24 Å². The molecule has 14 heavy (non-hydrogen) atoms. The summed E-state index contributed by atoms with van der Waals surface area (Å²) in [5.41, 5.74) is 0. The van der Waals surface area contributed by atoms with Gasteiger partial charge in [0, 0.05) is 6.54 Å². The third-order valence-corrected chi connectivity index (χ3v) is 3.48. The van der Waals surface area contributed by atoms with Gasteiger partial charge in [0.25, 0.3) is 0 Å². The van der Waals surface area contributed by atoms with Crippen molar-refractivity contribution >= 4 is 12.6 Å². The Kier molecular flexibility index (Phi) is 5.95. The first-order valence-electron chi connectivity index (χ1n) is 6.09. The third kappa shape index (κ3) is 5.26. The van der Waals surface area contributed by atoms with E-state index in [1.165, 1.54) is 45.3 Å². The van der Waals surface area contributed by atoms with E-state index in [9.17, 15) is 0 Å². The Morgan fingerprint density at radius 3 is 2.57 bits per heavy atom. The zero-order valence-electron chi connectivity index (χ0n) is 9.71. The molecule has 1 unspecified atom stereocenters. The Bertz CT molecular complexity index is 145. The molecule has 1 atom stereocenters. The highest BCUT2D eigenvalue weighted by atomic mass is 32.1. The van der Waals surface area contributed by atoms with Crippen molar-refractivity contribution in [3.05, 3.63) is 0 Å². The highest BCUT2D eigenvalue weighted by Crippen LogP contribution is 2.29. The van der Waals surface area contributed by atoms with E-state index in [1.54, 1.807) is 0 Å². The molecular formula is C12H25NS. The van der Waals surface area contributed by atoms with Crippen LogP contribution in [0.3, 0.4) is 0 Å². The van der Waals surface area contributed by atoms with E-state index >= 15 is 0 Å². The molecule has 1 fully saturated rings. The maximum atomic E-state index is 4.28. The molecule has 0 aromatic heterocycles. The average Bonchev–Trinajstić information content (AvgIpc) is 2.96. The lowest BCUT2D eigenvalue weighted by Crippen LogP contribution is -2.28. The Labute approximate surface area is 94.7 Å². The summed E-state index contributed by atoms with van der Waals surface area (Å²) in [6.07, 6.45) is 5.57. The summed E-state index contributed by atoms with van der Waals surface area (Å²) in [5, 5.41) is 0. The summed E-state index contributed by atoms with van der Waals surface area (Å²) >= 11 is 4.28. The number of hydrogen-bond acceptors (Lipinski definition) is 2. The maximum Gasteiger partial charge on any atom is 0.000954 e. The highest BCUT2D eigenvalue weighted by Gasteiger charge is 2.23. The SMILES string of the molecule is CCN(CCC(C)CCS)CC1CC1. The molecule has 0 aromatic carbocycles. The van der Waals surface area contributed by atoms with Crippen LogP contribution in [-0.4, -0.2) is 30.3 Å². The quantitative estimate of drug-likeness (QED) is 0.609. The van der Waals surface area contributed by atoms with Gasteiger partial charge in [-0.25, -0.2) is 0 Å². The molecule has 1 aliphatic carbocycles. The predicted molar refractivity (Wildman–Crippen MR) is 67.1 cm³/mol. The second-order valence-corrected chi connectivity index (χ2v) is 5.19. The van der Waals surface area contributed by atoms with Crippen LogP contribution in [0.15, 0.2) is 0 Å². The van der Waals surface area contributed by atoms with Gasteiger partial charge in [-0.1, -0.05) is 13.8 Å². The molecule has 1 aliphatic rings. The lowest BCUT2D eigenvalue weighted by molar-refractivity contribution is 0.256. The van der Waals surface area contributed by atoms with Crippen molar-refractivity contribution in [1.29, 1.82) is 0 Å². The van der Waals surface area contributed by atoms with Crippen molar-refractivity contribution in [2.24, 2.45) is 11.8 Å². The molecule has 0 saturated heterocycles. The smallest absolute Gasteiger partial charge is 0.000954 e. The fourth-order valence-electron chi connectivity index (χ4n) is 1.81. The lowest BCUT2D eigenvalue weighted by Gasteiger charge is -2.21. The largest absolute Gasteiger partial charge is 0.303 e.